The van der Waals surface area contributed by atoms with Gasteiger partial charge in [-0.05, 0) is 45.6 Å². The van der Waals surface area contributed by atoms with Crippen molar-refractivity contribution in [1.82, 2.24) is 14.8 Å². The van der Waals surface area contributed by atoms with Crippen molar-refractivity contribution < 1.29 is 27.3 Å². The summed E-state index contributed by atoms with van der Waals surface area (Å²) in [4.78, 5) is 24.6. The highest BCUT2D eigenvalue weighted by molar-refractivity contribution is 7.89. The minimum absolute atomic E-state index is 0.0439. The largest absolute Gasteiger partial charge is 0.464 e. The number of benzene rings is 1. The molecule has 0 radical (unpaired) electrons. The van der Waals surface area contributed by atoms with Gasteiger partial charge < -0.3 is 14.6 Å². The Kier molecular flexibility index (Phi) is 8.25. The summed E-state index contributed by atoms with van der Waals surface area (Å²) in [7, 11) is -3.80. The van der Waals surface area contributed by atoms with E-state index in [9.17, 15) is 18.0 Å². The number of sulfonamides is 1. The fourth-order valence-corrected chi connectivity index (χ4v) is 5.70. The zero-order chi connectivity index (χ0) is 24.0. The molecule has 1 atom stereocenters. The summed E-state index contributed by atoms with van der Waals surface area (Å²) in [5.74, 6) is -0.884. The number of aromatic nitrogens is 1. The number of esters is 1. The molecular weight excluding hydrogens is 446 g/mol. The fourth-order valence-electron chi connectivity index (χ4n) is 3.89. The van der Waals surface area contributed by atoms with Crippen molar-refractivity contribution in [2.75, 3.05) is 26.2 Å². The Bertz CT molecular complexity index is 1060. The third kappa shape index (κ3) is 6.42. The van der Waals surface area contributed by atoms with Crippen molar-refractivity contribution in [3.63, 3.8) is 0 Å². The minimum Gasteiger partial charge on any atom is -0.464 e. The van der Waals surface area contributed by atoms with Gasteiger partial charge in [0.05, 0.1) is 12.5 Å². The second kappa shape index (κ2) is 10.9. The average molecular weight is 478 g/mol. The van der Waals surface area contributed by atoms with E-state index in [4.69, 9.17) is 9.26 Å². The van der Waals surface area contributed by atoms with Gasteiger partial charge in [-0.2, -0.15) is 4.31 Å². The molecule has 10 heteroatoms. The van der Waals surface area contributed by atoms with Crippen LogP contribution in [0, 0.1) is 26.7 Å². The lowest BCUT2D eigenvalue weighted by atomic mass is 10.0. The Morgan fingerprint density at radius 2 is 1.94 bits per heavy atom. The number of carbonyl (C=O) groups excluding carboxylic acids is 2. The second-order valence-corrected chi connectivity index (χ2v) is 10.2. The van der Waals surface area contributed by atoms with Gasteiger partial charge in [0.2, 0.25) is 15.9 Å². The van der Waals surface area contributed by atoms with E-state index in [1.54, 1.807) is 13.8 Å². The maximum atomic E-state index is 13.0. The molecule has 0 aliphatic carbocycles. The van der Waals surface area contributed by atoms with E-state index >= 15 is 0 Å². The number of piperidine rings is 1. The zero-order valence-electron chi connectivity index (χ0n) is 19.3. The van der Waals surface area contributed by atoms with Crippen molar-refractivity contribution in [1.29, 1.82) is 0 Å². The molecule has 2 heterocycles. The molecule has 2 aromatic rings. The van der Waals surface area contributed by atoms with Gasteiger partial charge in [0.15, 0.2) is 5.76 Å². The number of hydrogen-bond acceptors (Lipinski definition) is 7. The molecule has 1 aromatic carbocycles. The van der Waals surface area contributed by atoms with E-state index in [2.05, 4.69) is 10.5 Å². The molecular formula is C23H31N3O6S. The van der Waals surface area contributed by atoms with Gasteiger partial charge in [0.25, 0.3) is 0 Å². The quantitative estimate of drug-likeness (QED) is 0.435. The molecule has 0 bridgehead atoms. The van der Waals surface area contributed by atoms with Crippen LogP contribution in [0.2, 0.25) is 0 Å². The first kappa shape index (κ1) is 24.9. The maximum absolute atomic E-state index is 13.0. The summed E-state index contributed by atoms with van der Waals surface area (Å²) < 4.78 is 37.6. The number of amides is 1. The Morgan fingerprint density at radius 1 is 1.21 bits per heavy atom. The molecule has 1 unspecified atom stereocenters. The molecule has 1 fully saturated rings. The average Bonchev–Trinajstić information content (AvgIpc) is 3.14. The third-order valence-electron chi connectivity index (χ3n) is 5.71. The van der Waals surface area contributed by atoms with Crippen LogP contribution in [0.1, 0.15) is 41.8 Å². The summed E-state index contributed by atoms with van der Waals surface area (Å²) >= 11 is 0. The molecule has 1 aromatic heterocycles. The summed E-state index contributed by atoms with van der Waals surface area (Å²) in [6.45, 7) is 5.78. The summed E-state index contributed by atoms with van der Waals surface area (Å²) in [6.07, 6.45) is 2.10. The number of nitrogens with zero attached hydrogens (tertiary/aromatic N) is 2. The van der Waals surface area contributed by atoms with Crippen molar-refractivity contribution >= 4 is 21.9 Å². The summed E-state index contributed by atoms with van der Waals surface area (Å²) in [6, 6.07) is 8.03. The minimum atomic E-state index is -3.80. The van der Waals surface area contributed by atoms with Gasteiger partial charge in [0.1, 0.15) is 17.2 Å². The molecule has 1 amide bonds. The van der Waals surface area contributed by atoms with Crippen LogP contribution in [-0.2, 0) is 30.8 Å². The Balaban J connectivity index is 1.42. The monoisotopic (exact) mass is 477 g/mol. The highest BCUT2D eigenvalue weighted by Gasteiger charge is 2.37. The molecule has 1 aliphatic rings. The highest BCUT2D eigenvalue weighted by Crippen LogP contribution is 2.28. The Morgan fingerprint density at radius 3 is 2.61 bits per heavy atom. The van der Waals surface area contributed by atoms with Crippen LogP contribution in [0.15, 0.2) is 33.7 Å². The number of nitrogens with one attached hydrogen (secondary N) is 1. The SMILES string of the molecule is Cc1ccc(CCC(=O)NCCOC(=O)C2CCCN(S(=O)(=O)c3c(C)noc3C)C2)cc1. The molecule has 3 rings (SSSR count). The van der Waals surface area contributed by atoms with Gasteiger partial charge in [-0.15, -0.1) is 0 Å². The molecule has 1 N–H and O–H groups in total. The predicted octanol–water partition coefficient (Wildman–Crippen LogP) is 2.29. The Labute approximate surface area is 194 Å². The van der Waals surface area contributed by atoms with E-state index in [0.717, 1.165) is 5.56 Å². The van der Waals surface area contributed by atoms with E-state index in [1.165, 1.54) is 9.87 Å². The molecule has 0 saturated carbocycles. The standard InChI is InChI=1S/C23H31N3O6S/c1-16-6-8-19(9-7-16)10-11-21(27)24-12-14-31-23(28)20-5-4-13-26(15-20)33(29,30)22-17(2)25-32-18(22)3/h6-9,20H,4-5,10-15H2,1-3H3,(H,24,27). The van der Waals surface area contributed by atoms with Gasteiger partial charge >= 0.3 is 5.97 Å². The first-order chi connectivity index (χ1) is 15.7. The second-order valence-electron chi connectivity index (χ2n) is 8.36. The predicted molar refractivity (Wildman–Crippen MR) is 121 cm³/mol. The van der Waals surface area contributed by atoms with E-state index in [0.29, 0.717) is 37.9 Å². The van der Waals surface area contributed by atoms with Crippen LogP contribution in [0.5, 0.6) is 0 Å². The van der Waals surface area contributed by atoms with E-state index in [-0.39, 0.29) is 36.3 Å². The summed E-state index contributed by atoms with van der Waals surface area (Å²) in [5, 5.41) is 6.47. The fraction of sp³-hybridized carbons (Fsp3) is 0.522. The molecule has 1 aliphatic heterocycles. The van der Waals surface area contributed by atoms with Crippen LogP contribution >= 0.6 is 0 Å². The van der Waals surface area contributed by atoms with Gasteiger partial charge in [0, 0.05) is 19.5 Å². The molecule has 1 saturated heterocycles. The van der Waals surface area contributed by atoms with Gasteiger partial charge in [-0.25, -0.2) is 8.42 Å². The maximum Gasteiger partial charge on any atom is 0.310 e. The lowest BCUT2D eigenvalue weighted by molar-refractivity contribution is -0.150. The highest BCUT2D eigenvalue weighted by atomic mass is 32.2. The number of rotatable bonds is 9. The van der Waals surface area contributed by atoms with Crippen molar-refractivity contribution in [2.45, 2.75) is 51.3 Å². The molecule has 180 valence electrons. The first-order valence-corrected chi connectivity index (χ1v) is 12.5. The lowest BCUT2D eigenvalue weighted by Gasteiger charge is -2.30. The van der Waals surface area contributed by atoms with Crippen LogP contribution in [0.25, 0.3) is 0 Å². The van der Waals surface area contributed by atoms with Gasteiger partial charge in [-0.3, -0.25) is 9.59 Å². The molecule has 33 heavy (non-hydrogen) atoms. The lowest BCUT2D eigenvalue weighted by Crippen LogP contribution is -2.43. The number of ether oxygens (including phenoxy) is 1. The first-order valence-electron chi connectivity index (χ1n) is 11.1. The Hall–Kier alpha value is -2.72. The number of carbonyl (C=O) groups is 2. The zero-order valence-corrected chi connectivity index (χ0v) is 20.1. The summed E-state index contributed by atoms with van der Waals surface area (Å²) in [5.41, 5.74) is 2.57. The van der Waals surface area contributed by atoms with Crippen LogP contribution in [0.4, 0.5) is 0 Å². The van der Waals surface area contributed by atoms with Crippen molar-refractivity contribution in [3.8, 4) is 0 Å². The van der Waals surface area contributed by atoms with Gasteiger partial charge in [-0.1, -0.05) is 35.0 Å². The van der Waals surface area contributed by atoms with E-state index in [1.807, 2.05) is 31.2 Å². The van der Waals surface area contributed by atoms with Crippen LogP contribution in [-0.4, -0.2) is 56.0 Å². The third-order valence-corrected chi connectivity index (χ3v) is 7.82. The number of hydrogen-bond donors (Lipinski definition) is 1. The molecule has 9 nitrogen and oxygen atoms in total. The normalized spacial score (nSPS) is 17.0. The smallest absolute Gasteiger partial charge is 0.310 e. The van der Waals surface area contributed by atoms with Crippen LogP contribution < -0.4 is 5.32 Å². The van der Waals surface area contributed by atoms with E-state index < -0.39 is 21.9 Å². The van der Waals surface area contributed by atoms with Crippen molar-refractivity contribution in [2.24, 2.45) is 5.92 Å². The number of aryl methyl sites for hydroxylation is 4. The van der Waals surface area contributed by atoms with Crippen molar-refractivity contribution in [3.05, 3.63) is 46.8 Å². The van der Waals surface area contributed by atoms with Crippen LogP contribution in [0.3, 0.4) is 0 Å². The molecule has 0 spiro atoms. The topological polar surface area (TPSA) is 119 Å².